The number of likely N-dealkylation sites (N-methyl/N-ethyl adjacent to an activating group) is 1. The maximum Gasteiger partial charge on any atom is 0.0771 e. The summed E-state index contributed by atoms with van der Waals surface area (Å²) in [5.74, 6) is 0. The van der Waals surface area contributed by atoms with Crippen LogP contribution in [0.4, 0.5) is 0 Å². The Morgan fingerprint density at radius 3 is 2.32 bits per heavy atom. The minimum absolute atomic E-state index is 0.0641. The summed E-state index contributed by atoms with van der Waals surface area (Å²) in [5, 5.41) is 11.6. The van der Waals surface area contributed by atoms with E-state index in [0.29, 0.717) is 0 Å². The van der Waals surface area contributed by atoms with Crippen molar-refractivity contribution >= 4 is 0 Å². The summed E-state index contributed by atoms with van der Waals surface area (Å²) in [5.41, 5.74) is 1.21. The summed E-state index contributed by atoms with van der Waals surface area (Å²) in [6.07, 6.45) is 7.22. The Morgan fingerprint density at radius 2 is 1.84 bits per heavy atom. The third-order valence-electron chi connectivity index (χ3n) is 4.46. The van der Waals surface area contributed by atoms with Crippen molar-refractivity contribution in [3.8, 4) is 0 Å². The predicted molar refractivity (Wildman–Crippen MR) is 76.9 cm³/mol. The van der Waals surface area contributed by atoms with E-state index >= 15 is 0 Å². The number of aryl methyl sites for hydroxylation is 1. The van der Waals surface area contributed by atoms with Crippen molar-refractivity contribution in [3.05, 3.63) is 11.9 Å². The number of nitrogens with one attached hydrogen (secondary N) is 1. The third kappa shape index (κ3) is 2.98. The maximum absolute atomic E-state index is 4.07. The van der Waals surface area contributed by atoms with Gasteiger partial charge in [-0.05, 0) is 46.8 Å². The molecule has 5 nitrogen and oxygen atoms in total. The molecule has 0 aromatic carbocycles. The molecule has 1 unspecified atom stereocenters. The fourth-order valence-electron chi connectivity index (χ4n) is 3.25. The lowest BCUT2D eigenvalue weighted by molar-refractivity contribution is 0.0834. The lowest BCUT2D eigenvalue weighted by atomic mass is 9.89. The zero-order valence-corrected chi connectivity index (χ0v) is 12.7. The van der Waals surface area contributed by atoms with Gasteiger partial charge in [-0.3, -0.25) is 9.58 Å². The Hall–Kier alpha value is -0.940. The minimum Gasteiger partial charge on any atom is -0.310 e. The van der Waals surface area contributed by atoms with Gasteiger partial charge in [0, 0.05) is 12.6 Å². The summed E-state index contributed by atoms with van der Waals surface area (Å²) in [6.45, 7) is 7.03. The first-order valence-corrected chi connectivity index (χ1v) is 7.34. The van der Waals surface area contributed by atoms with Crippen molar-refractivity contribution in [1.82, 2.24) is 25.2 Å². The van der Waals surface area contributed by atoms with Gasteiger partial charge >= 0.3 is 0 Å². The van der Waals surface area contributed by atoms with E-state index in [2.05, 4.69) is 34.4 Å². The Labute approximate surface area is 116 Å². The number of rotatable bonds is 4. The molecular formula is C14H27N5. The van der Waals surface area contributed by atoms with Crippen molar-refractivity contribution in [2.24, 2.45) is 7.05 Å². The van der Waals surface area contributed by atoms with E-state index in [1.165, 1.54) is 38.8 Å². The van der Waals surface area contributed by atoms with Crippen LogP contribution in [0.2, 0.25) is 0 Å². The Bertz CT molecular complexity index is 390. The maximum atomic E-state index is 4.07. The van der Waals surface area contributed by atoms with Crippen LogP contribution in [-0.2, 0) is 7.05 Å². The molecule has 1 aliphatic rings. The highest BCUT2D eigenvalue weighted by Gasteiger charge is 2.37. The quantitative estimate of drug-likeness (QED) is 0.900. The smallest absolute Gasteiger partial charge is 0.0771 e. The molecule has 1 aromatic heterocycles. The van der Waals surface area contributed by atoms with E-state index in [1.807, 2.05) is 25.0 Å². The zero-order chi connectivity index (χ0) is 13.9. The lowest BCUT2D eigenvalue weighted by Crippen LogP contribution is -2.52. The summed E-state index contributed by atoms with van der Waals surface area (Å²) < 4.78 is 1.88. The highest BCUT2D eigenvalue weighted by Crippen LogP contribution is 2.31. The molecule has 19 heavy (non-hydrogen) atoms. The standard InChI is InChI=1S/C14H27N5/c1-14(2,19-9-7-5-6-8-10-19)13(15-3)12-11-16-17-18(12)4/h11,13,15H,5-10H2,1-4H3. The average molecular weight is 265 g/mol. The van der Waals surface area contributed by atoms with E-state index in [9.17, 15) is 0 Å². The van der Waals surface area contributed by atoms with Gasteiger partial charge in [0.25, 0.3) is 0 Å². The van der Waals surface area contributed by atoms with E-state index in [4.69, 9.17) is 0 Å². The SMILES string of the molecule is CNC(c1cnnn1C)C(C)(C)N1CCCCCC1. The van der Waals surface area contributed by atoms with E-state index in [1.54, 1.807) is 0 Å². The largest absolute Gasteiger partial charge is 0.310 e. The van der Waals surface area contributed by atoms with Crippen LogP contribution in [0, 0.1) is 0 Å². The van der Waals surface area contributed by atoms with E-state index in [0.717, 1.165) is 5.69 Å². The van der Waals surface area contributed by atoms with Crippen LogP contribution >= 0.6 is 0 Å². The molecule has 1 fully saturated rings. The molecule has 1 saturated heterocycles. The van der Waals surface area contributed by atoms with Gasteiger partial charge in [0.1, 0.15) is 0 Å². The number of hydrogen-bond donors (Lipinski definition) is 1. The zero-order valence-electron chi connectivity index (χ0n) is 12.7. The molecule has 108 valence electrons. The third-order valence-corrected chi connectivity index (χ3v) is 4.46. The molecular weight excluding hydrogens is 238 g/mol. The topological polar surface area (TPSA) is 46.0 Å². The molecule has 0 spiro atoms. The molecule has 0 bridgehead atoms. The van der Waals surface area contributed by atoms with Crippen molar-refractivity contribution in [1.29, 1.82) is 0 Å². The molecule has 2 heterocycles. The van der Waals surface area contributed by atoms with E-state index in [-0.39, 0.29) is 11.6 Å². The fourth-order valence-corrected chi connectivity index (χ4v) is 3.25. The van der Waals surface area contributed by atoms with Gasteiger partial charge in [-0.15, -0.1) is 5.10 Å². The van der Waals surface area contributed by atoms with Crippen molar-refractivity contribution in [2.45, 2.75) is 51.1 Å². The molecule has 1 aliphatic heterocycles. The molecule has 1 atom stereocenters. The molecule has 0 radical (unpaired) electrons. The molecule has 1 aromatic rings. The summed E-state index contributed by atoms with van der Waals surface area (Å²) in [7, 11) is 3.99. The molecule has 0 aliphatic carbocycles. The number of nitrogens with zero attached hydrogens (tertiary/aromatic N) is 4. The van der Waals surface area contributed by atoms with E-state index < -0.39 is 0 Å². The van der Waals surface area contributed by atoms with Crippen molar-refractivity contribution < 1.29 is 0 Å². The van der Waals surface area contributed by atoms with Crippen LogP contribution in [0.1, 0.15) is 51.3 Å². The van der Waals surface area contributed by atoms with Crippen LogP contribution in [0.3, 0.4) is 0 Å². The summed E-state index contributed by atoms with van der Waals surface area (Å²) in [4.78, 5) is 2.62. The fraction of sp³-hybridized carbons (Fsp3) is 0.857. The highest BCUT2D eigenvalue weighted by molar-refractivity contribution is 5.10. The molecule has 0 saturated carbocycles. The van der Waals surface area contributed by atoms with Gasteiger partial charge in [-0.2, -0.15) is 0 Å². The van der Waals surface area contributed by atoms with Crippen LogP contribution in [-0.4, -0.2) is 45.6 Å². The first-order valence-electron chi connectivity index (χ1n) is 7.34. The number of likely N-dealkylation sites (tertiary alicyclic amines) is 1. The van der Waals surface area contributed by atoms with Gasteiger partial charge in [-0.25, -0.2) is 0 Å². The lowest BCUT2D eigenvalue weighted by Gasteiger charge is -2.43. The molecule has 2 rings (SSSR count). The van der Waals surface area contributed by atoms with Crippen LogP contribution in [0.15, 0.2) is 6.20 Å². The van der Waals surface area contributed by atoms with Crippen molar-refractivity contribution in [2.75, 3.05) is 20.1 Å². The molecule has 5 heteroatoms. The summed E-state index contributed by atoms with van der Waals surface area (Å²) in [6, 6.07) is 0.241. The second-order valence-electron chi connectivity index (χ2n) is 6.06. The Morgan fingerprint density at radius 1 is 1.21 bits per heavy atom. The normalized spacial score (nSPS) is 20.2. The first kappa shape index (κ1) is 14.5. The number of hydrogen-bond acceptors (Lipinski definition) is 4. The van der Waals surface area contributed by atoms with Crippen molar-refractivity contribution in [3.63, 3.8) is 0 Å². The van der Waals surface area contributed by atoms with Gasteiger partial charge in [-0.1, -0.05) is 18.1 Å². The van der Waals surface area contributed by atoms with Gasteiger partial charge in [0.15, 0.2) is 0 Å². The van der Waals surface area contributed by atoms with Gasteiger partial charge < -0.3 is 5.32 Å². The van der Waals surface area contributed by atoms with Crippen LogP contribution in [0.25, 0.3) is 0 Å². The Balaban J connectivity index is 2.22. The van der Waals surface area contributed by atoms with Crippen LogP contribution < -0.4 is 5.32 Å². The predicted octanol–water partition coefficient (Wildman–Crippen LogP) is 1.73. The van der Waals surface area contributed by atoms with Gasteiger partial charge in [0.05, 0.1) is 17.9 Å². The monoisotopic (exact) mass is 265 g/mol. The Kier molecular flexibility index (Phi) is 4.58. The second kappa shape index (κ2) is 6.01. The second-order valence-corrected chi connectivity index (χ2v) is 6.06. The minimum atomic E-state index is 0.0641. The van der Waals surface area contributed by atoms with Gasteiger partial charge in [0.2, 0.25) is 0 Å². The molecule has 1 N–H and O–H groups in total. The van der Waals surface area contributed by atoms with Crippen LogP contribution in [0.5, 0.6) is 0 Å². The summed E-state index contributed by atoms with van der Waals surface area (Å²) >= 11 is 0. The highest BCUT2D eigenvalue weighted by atomic mass is 15.4. The number of aromatic nitrogens is 3. The average Bonchev–Trinajstić information content (AvgIpc) is 2.66. The first-order chi connectivity index (χ1) is 9.07. The molecule has 0 amide bonds.